The largest absolute Gasteiger partial charge is 0.358 e. The number of halogens is 1. The van der Waals surface area contributed by atoms with Gasteiger partial charge in [0.25, 0.3) is 0 Å². The number of amidine groups is 1. The Labute approximate surface area is 215 Å². The zero-order chi connectivity index (χ0) is 25.8. The number of aromatic amines is 1. The van der Waals surface area contributed by atoms with Crippen LogP contribution in [0.5, 0.6) is 0 Å². The van der Waals surface area contributed by atoms with E-state index in [4.69, 9.17) is 5.41 Å². The molecule has 4 heterocycles. The van der Waals surface area contributed by atoms with E-state index in [2.05, 4.69) is 41.8 Å². The minimum Gasteiger partial charge on any atom is -0.358 e. The van der Waals surface area contributed by atoms with Crippen LogP contribution in [0.25, 0.3) is 11.1 Å². The van der Waals surface area contributed by atoms with Crippen molar-refractivity contribution >= 4 is 18.1 Å². The molecule has 10 heteroatoms. The molecule has 0 saturated carbocycles. The maximum atomic E-state index is 13.3. The molecule has 0 radical (unpaired) electrons. The van der Waals surface area contributed by atoms with Gasteiger partial charge in [-0.25, -0.2) is 19.4 Å². The summed E-state index contributed by atoms with van der Waals surface area (Å²) in [6, 6.07) is 8.69. The van der Waals surface area contributed by atoms with Gasteiger partial charge in [0.1, 0.15) is 12.2 Å². The number of aryl methyl sites for hydroxylation is 1. The van der Waals surface area contributed by atoms with Gasteiger partial charge in [-0.05, 0) is 35.7 Å². The molecule has 0 amide bonds. The van der Waals surface area contributed by atoms with E-state index >= 15 is 0 Å². The number of benzene rings is 1. The van der Waals surface area contributed by atoms with Crippen LogP contribution in [-0.2, 0) is 7.05 Å². The van der Waals surface area contributed by atoms with Crippen molar-refractivity contribution in [3.05, 3.63) is 84.0 Å². The van der Waals surface area contributed by atoms with Crippen molar-refractivity contribution in [3.8, 4) is 11.1 Å². The van der Waals surface area contributed by atoms with E-state index in [-0.39, 0.29) is 11.7 Å². The van der Waals surface area contributed by atoms with Gasteiger partial charge in [-0.1, -0.05) is 19.1 Å². The average molecular weight is 500 g/mol. The van der Waals surface area contributed by atoms with E-state index < -0.39 is 0 Å². The molecule has 3 aromatic heterocycles. The highest BCUT2D eigenvalue weighted by atomic mass is 19.1. The molecule has 1 aliphatic heterocycles. The van der Waals surface area contributed by atoms with Crippen LogP contribution in [-0.4, -0.2) is 68.0 Å². The number of nitrogens with one attached hydrogen (secondary N) is 2. The van der Waals surface area contributed by atoms with Crippen molar-refractivity contribution in [3.63, 3.8) is 0 Å². The molecular weight excluding hydrogens is 469 g/mol. The highest BCUT2D eigenvalue weighted by Crippen LogP contribution is 2.28. The molecule has 0 aliphatic carbocycles. The lowest BCUT2D eigenvalue weighted by Gasteiger charge is -2.36. The van der Waals surface area contributed by atoms with Gasteiger partial charge in [0.05, 0.1) is 11.9 Å². The first-order valence-electron chi connectivity index (χ1n) is 12.4. The fraction of sp³-hybridized carbons (Fsp3) is 0.296. The minimum atomic E-state index is -0.233. The van der Waals surface area contributed by atoms with Crippen molar-refractivity contribution in [2.24, 2.45) is 12.0 Å². The second-order valence-electron chi connectivity index (χ2n) is 9.09. The van der Waals surface area contributed by atoms with E-state index in [1.54, 1.807) is 4.68 Å². The number of aromatic nitrogens is 5. The monoisotopic (exact) mass is 499 g/mol. The average Bonchev–Trinajstić information content (AvgIpc) is 3.59. The van der Waals surface area contributed by atoms with Crippen molar-refractivity contribution in [1.29, 1.82) is 5.41 Å². The topological polar surface area (TPSA) is 102 Å². The van der Waals surface area contributed by atoms with E-state index in [0.717, 1.165) is 72.7 Å². The first-order chi connectivity index (χ1) is 18.1. The van der Waals surface area contributed by atoms with Crippen LogP contribution in [0.15, 0.2) is 66.3 Å². The molecule has 4 aromatic rings. The summed E-state index contributed by atoms with van der Waals surface area (Å²) < 4.78 is 15.1. The Kier molecular flexibility index (Phi) is 7.07. The SMILES string of the molecule is CC[C@H](c1ccc(F)cc1)c1cnc(N2CCN(C(=NC=N)c3cc(-c4cnn(C)c4)c[nH]3)CC2)nc1. The van der Waals surface area contributed by atoms with Crippen LogP contribution in [0.4, 0.5) is 10.3 Å². The summed E-state index contributed by atoms with van der Waals surface area (Å²) >= 11 is 0. The Hall–Kier alpha value is -4.34. The Morgan fingerprint density at radius 2 is 1.81 bits per heavy atom. The van der Waals surface area contributed by atoms with Crippen molar-refractivity contribution in [1.82, 2.24) is 29.6 Å². The maximum absolute atomic E-state index is 13.3. The van der Waals surface area contributed by atoms with Crippen molar-refractivity contribution in [2.75, 3.05) is 31.1 Å². The van der Waals surface area contributed by atoms with E-state index in [9.17, 15) is 4.39 Å². The molecule has 37 heavy (non-hydrogen) atoms. The van der Waals surface area contributed by atoms with Crippen LogP contribution in [0.2, 0.25) is 0 Å². The molecule has 0 unspecified atom stereocenters. The second-order valence-corrected chi connectivity index (χ2v) is 9.09. The fourth-order valence-electron chi connectivity index (χ4n) is 4.79. The summed E-state index contributed by atoms with van der Waals surface area (Å²) in [6.45, 7) is 5.04. The predicted molar refractivity (Wildman–Crippen MR) is 143 cm³/mol. The summed E-state index contributed by atoms with van der Waals surface area (Å²) in [6.07, 6.45) is 11.5. The Balaban J connectivity index is 1.25. The van der Waals surface area contributed by atoms with Gasteiger partial charge in [-0.15, -0.1) is 0 Å². The zero-order valence-corrected chi connectivity index (χ0v) is 21.0. The lowest BCUT2D eigenvalue weighted by atomic mass is 9.91. The summed E-state index contributed by atoms with van der Waals surface area (Å²) in [4.78, 5) is 21.3. The van der Waals surface area contributed by atoms with Crippen LogP contribution >= 0.6 is 0 Å². The molecule has 190 valence electrons. The number of hydrogen-bond acceptors (Lipinski definition) is 5. The first kappa shape index (κ1) is 24.4. The molecule has 1 saturated heterocycles. The smallest absolute Gasteiger partial charge is 0.225 e. The van der Waals surface area contributed by atoms with Gasteiger partial charge in [-0.3, -0.25) is 10.1 Å². The molecule has 1 fully saturated rings. The second kappa shape index (κ2) is 10.7. The summed E-state index contributed by atoms with van der Waals surface area (Å²) in [5.41, 5.74) is 4.99. The van der Waals surface area contributed by atoms with Crippen LogP contribution in [0.3, 0.4) is 0 Å². The van der Waals surface area contributed by atoms with Gasteiger partial charge in [-0.2, -0.15) is 5.10 Å². The normalized spacial score (nSPS) is 15.2. The minimum absolute atomic E-state index is 0.128. The number of aliphatic imine (C=N–C) groups is 1. The number of hydrogen-bond donors (Lipinski definition) is 2. The summed E-state index contributed by atoms with van der Waals surface area (Å²) in [5.74, 6) is 1.33. The Morgan fingerprint density at radius 1 is 1.08 bits per heavy atom. The molecule has 5 rings (SSSR count). The highest BCUT2D eigenvalue weighted by Gasteiger charge is 2.24. The Morgan fingerprint density at radius 3 is 2.43 bits per heavy atom. The Bertz CT molecular complexity index is 1360. The predicted octanol–water partition coefficient (Wildman–Crippen LogP) is 4.06. The molecule has 1 aliphatic rings. The maximum Gasteiger partial charge on any atom is 0.225 e. The number of anilines is 1. The van der Waals surface area contributed by atoms with E-state index in [1.165, 1.54) is 12.1 Å². The lowest BCUT2D eigenvalue weighted by molar-refractivity contribution is 0.383. The third-order valence-corrected chi connectivity index (χ3v) is 6.75. The van der Waals surface area contributed by atoms with E-state index in [1.807, 2.05) is 56.2 Å². The van der Waals surface area contributed by atoms with Gasteiger partial charge in [0.15, 0.2) is 5.84 Å². The molecule has 0 spiro atoms. The fourth-order valence-corrected chi connectivity index (χ4v) is 4.79. The van der Waals surface area contributed by atoms with Crippen LogP contribution in [0.1, 0.15) is 36.1 Å². The number of nitrogens with zero attached hydrogens (tertiary/aromatic N) is 7. The molecule has 2 N–H and O–H groups in total. The third kappa shape index (κ3) is 5.28. The van der Waals surface area contributed by atoms with Gasteiger partial charge in [0.2, 0.25) is 5.95 Å². The molecule has 9 nitrogen and oxygen atoms in total. The summed E-state index contributed by atoms with van der Waals surface area (Å²) in [5, 5.41) is 11.8. The van der Waals surface area contributed by atoms with Gasteiger partial charge in [0, 0.05) is 75.1 Å². The van der Waals surface area contributed by atoms with Gasteiger partial charge >= 0.3 is 0 Å². The number of H-pyrrole nitrogens is 1. The first-order valence-corrected chi connectivity index (χ1v) is 12.4. The van der Waals surface area contributed by atoms with Crippen LogP contribution < -0.4 is 4.90 Å². The van der Waals surface area contributed by atoms with Crippen LogP contribution in [0, 0.1) is 11.2 Å². The van der Waals surface area contributed by atoms with Crippen molar-refractivity contribution < 1.29 is 4.39 Å². The van der Waals surface area contributed by atoms with Gasteiger partial charge < -0.3 is 14.8 Å². The molecule has 1 aromatic carbocycles. The highest BCUT2D eigenvalue weighted by molar-refractivity contribution is 6.01. The van der Waals surface area contributed by atoms with Crippen molar-refractivity contribution in [2.45, 2.75) is 19.3 Å². The third-order valence-electron chi connectivity index (χ3n) is 6.75. The summed E-state index contributed by atoms with van der Waals surface area (Å²) in [7, 11) is 1.89. The molecular formula is C27H30FN9. The van der Waals surface area contributed by atoms with E-state index in [0.29, 0.717) is 5.95 Å². The number of rotatable bonds is 7. The molecule has 1 atom stereocenters. The number of piperazine rings is 1. The standard InChI is InChI=1S/C27H30FN9/c1-3-24(19-4-6-23(28)7-5-19)21-14-31-27(32-15-21)37-10-8-36(9-11-37)26(33-18-29)25-12-20(13-30-25)22-16-34-35(2)17-22/h4-7,12-18,24,29-30H,3,8-11H2,1-2H3/t24-/m1/s1. The quantitative estimate of drug-likeness (QED) is 0.295. The molecule has 0 bridgehead atoms. The lowest BCUT2D eigenvalue weighted by Crippen LogP contribution is -2.49. The zero-order valence-electron chi connectivity index (χ0n) is 21.0.